The van der Waals surface area contributed by atoms with Crippen LogP contribution in [0.25, 0.3) is 10.8 Å². The lowest BCUT2D eigenvalue weighted by molar-refractivity contribution is -0.221. The third-order valence-corrected chi connectivity index (χ3v) is 2.65. The number of benzene rings is 2. The Morgan fingerprint density at radius 2 is 2.00 bits per heavy atom. The van der Waals surface area contributed by atoms with E-state index in [4.69, 9.17) is 20.4 Å². The van der Waals surface area contributed by atoms with Crippen LogP contribution in [0.5, 0.6) is 11.5 Å². The van der Waals surface area contributed by atoms with E-state index in [2.05, 4.69) is 5.10 Å². The van der Waals surface area contributed by atoms with Crippen LogP contribution in [0.2, 0.25) is 0 Å². The zero-order valence-corrected chi connectivity index (χ0v) is 11.0. The maximum atomic E-state index is 11.1. The molecule has 0 aromatic heterocycles. The number of carbonyl (C=O) groups is 1. The van der Waals surface area contributed by atoms with Crippen LogP contribution in [-0.4, -0.2) is 30.2 Å². The highest BCUT2D eigenvalue weighted by atomic mass is 16.5. The molecule has 0 saturated heterocycles. The van der Waals surface area contributed by atoms with Crippen LogP contribution >= 0.6 is 0 Å². The van der Waals surface area contributed by atoms with Crippen molar-refractivity contribution < 1.29 is 24.5 Å². The first-order valence-electron chi connectivity index (χ1n) is 6.04. The van der Waals surface area contributed by atoms with Gasteiger partial charge in [0.15, 0.2) is 6.61 Å². The van der Waals surface area contributed by atoms with Crippen molar-refractivity contribution in [2.24, 2.45) is 10.9 Å². The fraction of sp³-hybridized carbons (Fsp3) is 0.143. The van der Waals surface area contributed by atoms with Gasteiger partial charge in [-0.2, -0.15) is 0 Å². The van der Waals surface area contributed by atoms with Crippen molar-refractivity contribution in [2.45, 2.75) is 0 Å². The number of hydrazone groups is 1. The van der Waals surface area contributed by atoms with Crippen molar-refractivity contribution in [3.05, 3.63) is 36.4 Å². The first-order valence-corrected chi connectivity index (χ1v) is 6.04. The Morgan fingerprint density at radius 1 is 1.24 bits per heavy atom. The predicted octanol–water partition coefficient (Wildman–Crippen LogP) is 0.315. The number of ether oxygens (including phenoxy) is 2. The number of carboxylic acid groups (broad SMARTS) is 1. The van der Waals surface area contributed by atoms with E-state index in [-0.39, 0.29) is 6.61 Å². The number of rotatable bonds is 6. The van der Waals surface area contributed by atoms with Gasteiger partial charge in [-0.05, 0) is 11.5 Å². The summed E-state index contributed by atoms with van der Waals surface area (Å²) in [5.74, 6) is 3.91. The van der Waals surface area contributed by atoms with Crippen molar-refractivity contribution in [1.82, 2.24) is 0 Å². The van der Waals surface area contributed by atoms with E-state index < -0.39 is 18.5 Å². The highest BCUT2D eigenvalue weighted by molar-refractivity contribution is 5.90. The van der Waals surface area contributed by atoms with Gasteiger partial charge < -0.3 is 25.5 Å². The van der Waals surface area contributed by atoms with Gasteiger partial charge in [0, 0.05) is 17.4 Å². The zero-order chi connectivity index (χ0) is 15.2. The monoisotopic (exact) mass is 289 g/mol. The lowest BCUT2D eigenvalue weighted by Crippen LogP contribution is -2.26. The third kappa shape index (κ3) is 3.75. The number of nitrogens with zero attached hydrogens (tertiary/aromatic N) is 1. The van der Waals surface area contributed by atoms with E-state index >= 15 is 0 Å². The largest absolute Gasteiger partial charge is 0.858 e. The number of hydrogen-bond donors (Lipinski definition) is 2. The molecule has 0 aliphatic heterocycles. The smallest absolute Gasteiger partial charge is 0.341 e. The van der Waals surface area contributed by atoms with Gasteiger partial charge in [-0.1, -0.05) is 24.3 Å². The van der Waals surface area contributed by atoms with Gasteiger partial charge in [-0.3, -0.25) is 0 Å². The highest BCUT2D eigenvalue weighted by Crippen LogP contribution is 2.31. The Balaban J connectivity index is 2.33. The SMILES string of the molecule is NN=C([O-])COc1cc(OCC(=O)O)cc2ccccc12. The molecule has 2 aromatic carbocycles. The molecular formula is C14H13N2O5-. The Hall–Kier alpha value is -2.96. The van der Waals surface area contributed by atoms with Crippen molar-refractivity contribution >= 4 is 22.6 Å². The molecule has 0 unspecified atom stereocenters. The van der Waals surface area contributed by atoms with Crippen molar-refractivity contribution in [3.8, 4) is 11.5 Å². The summed E-state index contributed by atoms with van der Waals surface area (Å²) in [6.07, 6.45) is 0. The topological polar surface area (TPSA) is 117 Å². The van der Waals surface area contributed by atoms with Crippen molar-refractivity contribution in [2.75, 3.05) is 13.2 Å². The number of carboxylic acids is 1. The summed E-state index contributed by atoms with van der Waals surface area (Å²) in [5, 5.41) is 24.3. The highest BCUT2D eigenvalue weighted by Gasteiger charge is 2.07. The molecule has 2 rings (SSSR count). The average molecular weight is 289 g/mol. The molecule has 0 aliphatic rings. The number of fused-ring (bicyclic) bond motifs is 1. The van der Waals surface area contributed by atoms with Gasteiger partial charge in [-0.25, -0.2) is 9.90 Å². The minimum atomic E-state index is -1.08. The van der Waals surface area contributed by atoms with Gasteiger partial charge in [0.1, 0.15) is 18.1 Å². The second kappa shape index (κ2) is 6.47. The molecule has 0 saturated carbocycles. The molecule has 0 fully saturated rings. The van der Waals surface area contributed by atoms with Gasteiger partial charge >= 0.3 is 5.97 Å². The number of nitrogens with two attached hydrogens (primary N) is 1. The van der Waals surface area contributed by atoms with E-state index in [1.54, 1.807) is 6.07 Å². The normalized spacial score (nSPS) is 11.3. The fourth-order valence-corrected chi connectivity index (χ4v) is 1.77. The molecule has 0 bridgehead atoms. The first kappa shape index (κ1) is 14.4. The predicted molar refractivity (Wildman–Crippen MR) is 74.2 cm³/mol. The molecule has 3 N–H and O–H groups in total. The van der Waals surface area contributed by atoms with Crippen LogP contribution in [-0.2, 0) is 4.79 Å². The maximum absolute atomic E-state index is 11.1. The Labute approximate surface area is 120 Å². The van der Waals surface area contributed by atoms with Crippen LogP contribution in [0, 0.1) is 0 Å². The molecule has 0 atom stereocenters. The summed E-state index contributed by atoms with van der Waals surface area (Å²) in [7, 11) is 0. The van der Waals surface area contributed by atoms with Crippen molar-refractivity contribution in [3.63, 3.8) is 0 Å². The number of aliphatic carboxylic acids is 1. The minimum Gasteiger partial charge on any atom is -0.858 e. The van der Waals surface area contributed by atoms with Crippen LogP contribution < -0.4 is 20.4 Å². The molecule has 2 aromatic rings. The Kier molecular flexibility index (Phi) is 4.45. The van der Waals surface area contributed by atoms with Gasteiger partial charge in [-0.15, -0.1) is 0 Å². The molecule has 7 nitrogen and oxygen atoms in total. The van der Waals surface area contributed by atoms with E-state index in [1.807, 2.05) is 24.3 Å². The molecule has 0 aliphatic carbocycles. The van der Waals surface area contributed by atoms with E-state index in [9.17, 15) is 9.90 Å². The maximum Gasteiger partial charge on any atom is 0.341 e. The summed E-state index contributed by atoms with van der Waals surface area (Å²) >= 11 is 0. The second-order valence-corrected chi connectivity index (χ2v) is 4.14. The van der Waals surface area contributed by atoms with E-state index in [0.717, 1.165) is 10.8 Å². The fourth-order valence-electron chi connectivity index (χ4n) is 1.77. The van der Waals surface area contributed by atoms with Crippen LogP contribution in [0.15, 0.2) is 41.5 Å². The standard InChI is InChI=1S/C14H14N2O5/c15-16-13(17)7-21-12-6-10(20-8-14(18)19)5-9-3-1-2-4-11(9)12/h1-6H,7-8,15H2,(H,16,17)(H,18,19)/p-1. The molecule has 110 valence electrons. The third-order valence-electron chi connectivity index (χ3n) is 2.65. The molecule has 0 radical (unpaired) electrons. The Bertz CT molecular complexity index is 684. The lowest BCUT2D eigenvalue weighted by atomic mass is 10.1. The lowest BCUT2D eigenvalue weighted by Gasteiger charge is -2.14. The van der Waals surface area contributed by atoms with Gasteiger partial charge in [0.05, 0.1) is 0 Å². The Morgan fingerprint density at radius 3 is 2.71 bits per heavy atom. The first-order chi connectivity index (χ1) is 10.1. The summed E-state index contributed by atoms with van der Waals surface area (Å²) in [5.41, 5.74) is 0. The second-order valence-electron chi connectivity index (χ2n) is 4.14. The molecule has 0 heterocycles. The molecule has 21 heavy (non-hydrogen) atoms. The van der Waals surface area contributed by atoms with Gasteiger partial charge in [0.25, 0.3) is 0 Å². The van der Waals surface area contributed by atoms with Crippen molar-refractivity contribution in [1.29, 1.82) is 0 Å². The summed E-state index contributed by atoms with van der Waals surface area (Å²) in [6.45, 7) is -0.766. The molecular weight excluding hydrogens is 276 g/mol. The van der Waals surface area contributed by atoms with Gasteiger partial charge in [0.2, 0.25) is 0 Å². The summed E-state index contributed by atoms with van der Waals surface area (Å²) in [6, 6.07) is 10.5. The van der Waals surface area contributed by atoms with E-state index in [0.29, 0.717) is 11.5 Å². The zero-order valence-electron chi connectivity index (χ0n) is 11.0. The molecule has 7 heteroatoms. The average Bonchev–Trinajstić information content (AvgIpc) is 2.50. The molecule has 0 amide bonds. The van der Waals surface area contributed by atoms with E-state index in [1.165, 1.54) is 6.07 Å². The van der Waals surface area contributed by atoms with Crippen LogP contribution in [0.1, 0.15) is 0 Å². The summed E-state index contributed by atoms with van der Waals surface area (Å²) < 4.78 is 10.5. The quantitative estimate of drug-likeness (QED) is 0.342. The van der Waals surface area contributed by atoms with Crippen LogP contribution in [0.4, 0.5) is 0 Å². The number of hydrogen-bond acceptors (Lipinski definition) is 6. The molecule has 0 spiro atoms. The summed E-state index contributed by atoms with van der Waals surface area (Å²) in [4.78, 5) is 10.5. The van der Waals surface area contributed by atoms with Crippen LogP contribution in [0.3, 0.4) is 0 Å². The minimum absolute atomic E-state index is 0.303.